The van der Waals surface area contributed by atoms with Gasteiger partial charge in [0.15, 0.2) is 11.6 Å². The van der Waals surface area contributed by atoms with E-state index in [1.165, 1.54) is 24.4 Å². The van der Waals surface area contributed by atoms with Gasteiger partial charge in [0.1, 0.15) is 5.69 Å². The number of allylic oxidation sites excluding steroid dienone is 6. The third-order valence-corrected chi connectivity index (χ3v) is 4.85. The quantitative estimate of drug-likeness (QED) is 0.377. The SMILES string of the molecule is CC1C=C([C@H](C)CCC(=O)c2ncc(Br)cc2F)C=CC(C(F)(F)F)=CC1. The summed E-state index contributed by atoms with van der Waals surface area (Å²) in [6, 6.07) is 1.18. The number of hydrogen-bond donors (Lipinski definition) is 0. The summed E-state index contributed by atoms with van der Waals surface area (Å²) in [5.74, 6) is -1.31. The molecule has 2 rings (SSSR count). The van der Waals surface area contributed by atoms with Crippen molar-refractivity contribution in [2.24, 2.45) is 11.8 Å². The highest BCUT2D eigenvalue weighted by Crippen LogP contribution is 2.31. The topological polar surface area (TPSA) is 30.0 Å². The smallest absolute Gasteiger partial charge is 0.292 e. The Morgan fingerprint density at radius 1 is 1.37 bits per heavy atom. The van der Waals surface area contributed by atoms with Crippen LogP contribution in [0.1, 0.15) is 43.6 Å². The molecule has 0 saturated carbocycles. The van der Waals surface area contributed by atoms with E-state index in [0.29, 0.717) is 17.3 Å². The van der Waals surface area contributed by atoms with E-state index in [1.807, 2.05) is 19.9 Å². The van der Waals surface area contributed by atoms with Crippen LogP contribution in [0.2, 0.25) is 0 Å². The minimum atomic E-state index is -4.39. The Morgan fingerprint density at radius 3 is 2.70 bits per heavy atom. The lowest BCUT2D eigenvalue weighted by atomic mass is 9.88. The van der Waals surface area contributed by atoms with E-state index in [0.717, 1.165) is 11.6 Å². The summed E-state index contributed by atoms with van der Waals surface area (Å²) in [4.78, 5) is 16.0. The van der Waals surface area contributed by atoms with Crippen LogP contribution in [0.4, 0.5) is 17.6 Å². The first-order chi connectivity index (χ1) is 12.6. The van der Waals surface area contributed by atoms with Crippen LogP contribution in [-0.4, -0.2) is 16.9 Å². The zero-order valence-corrected chi connectivity index (χ0v) is 16.6. The number of carbonyl (C=O) groups excluding carboxylic acids is 1. The minimum Gasteiger partial charge on any atom is -0.292 e. The van der Waals surface area contributed by atoms with Gasteiger partial charge in [-0.2, -0.15) is 13.2 Å². The molecular formula is C20H20BrF4NO. The molecule has 1 aromatic heterocycles. The van der Waals surface area contributed by atoms with Crippen LogP contribution in [0, 0.1) is 17.7 Å². The molecule has 1 aliphatic carbocycles. The Bertz CT molecular complexity index is 796. The molecule has 1 heterocycles. The van der Waals surface area contributed by atoms with Crippen LogP contribution >= 0.6 is 15.9 Å². The monoisotopic (exact) mass is 445 g/mol. The Labute approximate surface area is 164 Å². The highest BCUT2D eigenvalue weighted by atomic mass is 79.9. The Balaban J connectivity index is 2.08. The zero-order chi connectivity index (χ0) is 20.2. The standard InChI is InChI=1S/C20H20BrF4NO/c1-12-3-6-15(20(23,24)25)7-5-14(9-12)13(2)4-8-18(27)19-17(22)10-16(21)11-26-19/h5-7,9-13H,3-4,8H2,1-2H3/t12?,13-/m1/s1. The predicted octanol–water partition coefficient (Wildman–Crippen LogP) is 6.59. The van der Waals surface area contributed by atoms with Crippen molar-refractivity contribution in [1.29, 1.82) is 0 Å². The van der Waals surface area contributed by atoms with Crippen molar-refractivity contribution >= 4 is 21.7 Å². The van der Waals surface area contributed by atoms with Gasteiger partial charge in [-0.1, -0.05) is 38.2 Å². The van der Waals surface area contributed by atoms with Crippen molar-refractivity contribution in [3.63, 3.8) is 0 Å². The summed E-state index contributed by atoms with van der Waals surface area (Å²) in [5, 5.41) is 0. The van der Waals surface area contributed by atoms with E-state index in [9.17, 15) is 22.4 Å². The van der Waals surface area contributed by atoms with Gasteiger partial charge in [-0.25, -0.2) is 9.37 Å². The molecule has 1 aromatic rings. The molecule has 0 radical (unpaired) electrons. The lowest BCUT2D eigenvalue weighted by Gasteiger charge is -2.18. The normalized spacial score (nSPS) is 19.0. The van der Waals surface area contributed by atoms with Crippen molar-refractivity contribution in [2.45, 2.75) is 39.3 Å². The molecule has 0 spiro atoms. The van der Waals surface area contributed by atoms with Gasteiger partial charge >= 0.3 is 6.18 Å². The van der Waals surface area contributed by atoms with Gasteiger partial charge in [0.2, 0.25) is 0 Å². The molecule has 0 aromatic carbocycles. The number of halogens is 5. The molecule has 2 atom stereocenters. The molecule has 1 unspecified atom stereocenters. The molecule has 1 aliphatic rings. The van der Waals surface area contributed by atoms with Crippen LogP contribution in [0.15, 0.2) is 52.2 Å². The minimum absolute atomic E-state index is 0.0500. The fourth-order valence-electron chi connectivity index (χ4n) is 2.81. The second-order valence-corrected chi connectivity index (χ2v) is 7.63. The molecule has 2 nitrogen and oxygen atoms in total. The first-order valence-corrected chi connectivity index (χ1v) is 9.38. The number of alkyl halides is 3. The number of aromatic nitrogens is 1. The van der Waals surface area contributed by atoms with Gasteiger partial charge < -0.3 is 0 Å². The Morgan fingerprint density at radius 2 is 2.07 bits per heavy atom. The van der Waals surface area contributed by atoms with E-state index < -0.39 is 23.3 Å². The highest BCUT2D eigenvalue weighted by molar-refractivity contribution is 9.10. The summed E-state index contributed by atoms with van der Waals surface area (Å²) in [6.45, 7) is 3.70. The predicted molar refractivity (Wildman–Crippen MR) is 99.8 cm³/mol. The van der Waals surface area contributed by atoms with E-state index in [4.69, 9.17) is 0 Å². The number of carbonyl (C=O) groups is 1. The largest absolute Gasteiger partial charge is 0.416 e. The summed E-state index contributed by atoms with van der Waals surface area (Å²) < 4.78 is 53.2. The molecule has 146 valence electrons. The lowest BCUT2D eigenvalue weighted by Crippen LogP contribution is -2.12. The number of hydrogen-bond acceptors (Lipinski definition) is 2. The van der Waals surface area contributed by atoms with Crippen molar-refractivity contribution in [3.05, 3.63) is 63.7 Å². The van der Waals surface area contributed by atoms with E-state index in [2.05, 4.69) is 20.9 Å². The number of Topliss-reactive ketones (excluding diaryl/α,β-unsaturated/α-hetero) is 1. The maximum atomic E-state index is 13.8. The first-order valence-electron chi connectivity index (χ1n) is 8.59. The molecule has 0 bridgehead atoms. The third kappa shape index (κ3) is 6.13. The molecule has 0 fully saturated rings. The number of nitrogens with zero attached hydrogens (tertiary/aromatic N) is 1. The number of ketones is 1. The Kier molecular flexibility index (Phi) is 7.14. The maximum absolute atomic E-state index is 13.8. The molecule has 0 N–H and O–H groups in total. The van der Waals surface area contributed by atoms with Gasteiger partial charge in [-0.05, 0) is 52.2 Å². The zero-order valence-electron chi connectivity index (χ0n) is 15.0. The van der Waals surface area contributed by atoms with Crippen molar-refractivity contribution in [3.8, 4) is 0 Å². The van der Waals surface area contributed by atoms with E-state index in [-0.39, 0.29) is 24.0 Å². The average molecular weight is 446 g/mol. The van der Waals surface area contributed by atoms with Gasteiger partial charge in [-0.3, -0.25) is 4.79 Å². The van der Waals surface area contributed by atoms with Crippen molar-refractivity contribution < 1.29 is 22.4 Å². The molecule has 0 aliphatic heterocycles. The van der Waals surface area contributed by atoms with Crippen LogP contribution < -0.4 is 0 Å². The maximum Gasteiger partial charge on any atom is 0.416 e. The summed E-state index contributed by atoms with van der Waals surface area (Å²) in [5.41, 5.74) is -0.137. The lowest BCUT2D eigenvalue weighted by molar-refractivity contribution is -0.0884. The van der Waals surface area contributed by atoms with Gasteiger partial charge in [-0.15, -0.1) is 0 Å². The second-order valence-electron chi connectivity index (χ2n) is 6.72. The summed E-state index contributed by atoms with van der Waals surface area (Å²) in [7, 11) is 0. The molecule has 27 heavy (non-hydrogen) atoms. The average Bonchev–Trinajstić information content (AvgIpc) is 2.54. The van der Waals surface area contributed by atoms with Crippen LogP contribution in [0.25, 0.3) is 0 Å². The van der Waals surface area contributed by atoms with Crippen LogP contribution in [0.5, 0.6) is 0 Å². The highest BCUT2D eigenvalue weighted by Gasteiger charge is 2.32. The molecule has 7 heteroatoms. The fraction of sp³-hybridized carbons (Fsp3) is 0.400. The van der Waals surface area contributed by atoms with Gasteiger partial charge in [0, 0.05) is 17.1 Å². The van der Waals surface area contributed by atoms with Crippen LogP contribution in [-0.2, 0) is 0 Å². The van der Waals surface area contributed by atoms with E-state index >= 15 is 0 Å². The third-order valence-electron chi connectivity index (χ3n) is 4.41. The van der Waals surface area contributed by atoms with Gasteiger partial charge in [0.05, 0.1) is 5.57 Å². The first kappa shape index (κ1) is 21.5. The summed E-state index contributed by atoms with van der Waals surface area (Å²) in [6.07, 6.45) is 3.38. The molecule has 0 amide bonds. The number of rotatable bonds is 5. The molecular weight excluding hydrogens is 426 g/mol. The number of pyridine rings is 1. The fourth-order valence-corrected chi connectivity index (χ4v) is 3.11. The second kappa shape index (κ2) is 8.95. The Hall–Kier alpha value is -1.76. The van der Waals surface area contributed by atoms with Crippen molar-refractivity contribution in [1.82, 2.24) is 4.98 Å². The molecule has 0 saturated heterocycles. The van der Waals surface area contributed by atoms with Crippen LogP contribution in [0.3, 0.4) is 0 Å². The van der Waals surface area contributed by atoms with Gasteiger partial charge in [0.25, 0.3) is 0 Å². The van der Waals surface area contributed by atoms with Crippen molar-refractivity contribution in [2.75, 3.05) is 0 Å². The van der Waals surface area contributed by atoms with E-state index in [1.54, 1.807) is 0 Å². The summed E-state index contributed by atoms with van der Waals surface area (Å²) >= 11 is 3.08.